The van der Waals surface area contributed by atoms with Crippen molar-refractivity contribution in [3.8, 4) is 62.7 Å². The van der Waals surface area contributed by atoms with Gasteiger partial charge in [-0.05, 0) is 76.9 Å². The van der Waals surface area contributed by atoms with E-state index in [1.807, 2.05) is 60.7 Å². The van der Waals surface area contributed by atoms with Crippen molar-refractivity contribution in [2.75, 3.05) is 0 Å². The van der Waals surface area contributed by atoms with E-state index < -0.39 is 0 Å². The molecule has 3 heterocycles. The molecule has 11 aromatic rings. The normalized spacial score (nSPS) is 11.4. The van der Waals surface area contributed by atoms with Gasteiger partial charge < -0.3 is 4.57 Å². The molecule has 0 aliphatic rings. The zero-order chi connectivity index (χ0) is 38.6. The van der Waals surface area contributed by atoms with Crippen molar-refractivity contribution in [2.45, 2.75) is 0 Å². The summed E-state index contributed by atoms with van der Waals surface area (Å²) in [4.78, 5) is 15.8. The van der Waals surface area contributed by atoms with Gasteiger partial charge in [0.1, 0.15) is 0 Å². The summed E-state index contributed by atoms with van der Waals surface area (Å²) < 4.78 is 4.41. The van der Waals surface area contributed by atoms with Gasteiger partial charge in [-0.1, -0.05) is 140 Å². The molecule has 0 fully saturated rings. The van der Waals surface area contributed by atoms with Crippen molar-refractivity contribution in [3.63, 3.8) is 0 Å². The molecule has 0 radical (unpaired) electrons. The van der Waals surface area contributed by atoms with E-state index in [0.717, 1.165) is 82.7 Å². The van der Waals surface area contributed by atoms with E-state index >= 15 is 0 Å². The number of para-hydroxylation sites is 2. The van der Waals surface area contributed by atoms with Gasteiger partial charge in [-0.3, -0.25) is 4.57 Å². The van der Waals surface area contributed by atoms with E-state index in [2.05, 4.69) is 149 Å². The molecule has 0 spiro atoms. The second kappa shape index (κ2) is 13.6. The predicted octanol–water partition coefficient (Wildman–Crippen LogP) is 12.6. The first-order chi connectivity index (χ1) is 28.7. The number of benzene rings is 8. The molecule has 0 saturated carbocycles. The minimum absolute atomic E-state index is 0.467. The van der Waals surface area contributed by atoms with Gasteiger partial charge in [-0.2, -0.15) is 15.2 Å². The van der Waals surface area contributed by atoms with Crippen LogP contribution in [0.3, 0.4) is 0 Å². The largest absolute Gasteiger partial charge is 0.309 e. The molecule has 0 bridgehead atoms. The van der Waals surface area contributed by atoms with E-state index in [4.69, 9.17) is 15.0 Å². The Morgan fingerprint density at radius 1 is 0.362 bits per heavy atom. The molecule has 0 aliphatic heterocycles. The van der Waals surface area contributed by atoms with Crippen LogP contribution in [0, 0.1) is 11.3 Å². The third-order valence-electron chi connectivity index (χ3n) is 11.0. The molecule has 0 amide bonds. The van der Waals surface area contributed by atoms with E-state index in [0.29, 0.717) is 23.2 Å². The Morgan fingerprint density at radius 2 is 0.845 bits per heavy atom. The van der Waals surface area contributed by atoms with Crippen LogP contribution >= 0.6 is 0 Å². The highest BCUT2D eigenvalue weighted by molar-refractivity contribution is 6.12. The standard InChI is InChI=1S/C52H32N6/c53-33-34-24-27-49(57-45-22-12-10-20-40(45)41-21-11-13-23-46(41)57)44(30-34)51-54-50(37-18-8-3-9-19-37)55-52(56-51)58-47-28-25-38(35-14-4-1-5-15-35)31-42(47)43-32-39(26-29-48(43)58)36-16-6-2-7-17-36/h1-32H. The molecular weight excluding hydrogens is 709 g/mol. The highest BCUT2D eigenvalue weighted by Crippen LogP contribution is 2.39. The van der Waals surface area contributed by atoms with Gasteiger partial charge in [0.2, 0.25) is 5.95 Å². The summed E-state index contributed by atoms with van der Waals surface area (Å²) in [5.41, 5.74) is 11.6. The highest BCUT2D eigenvalue weighted by atomic mass is 15.2. The van der Waals surface area contributed by atoms with Crippen LogP contribution in [0.5, 0.6) is 0 Å². The first kappa shape index (κ1) is 33.2. The number of fused-ring (bicyclic) bond motifs is 6. The van der Waals surface area contributed by atoms with Crippen molar-refractivity contribution in [3.05, 3.63) is 200 Å². The van der Waals surface area contributed by atoms with Crippen LogP contribution < -0.4 is 0 Å². The van der Waals surface area contributed by atoms with Crippen LogP contribution in [0.4, 0.5) is 0 Å². The summed E-state index contributed by atoms with van der Waals surface area (Å²) in [6.07, 6.45) is 0. The van der Waals surface area contributed by atoms with Crippen molar-refractivity contribution >= 4 is 43.6 Å². The lowest BCUT2D eigenvalue weighted by Crippen LogP contribution is -2.08. The Kier molecular flexibility index (Phi) is 7.76. The van der Waals surface area contributed by atoms with Crippen molar-refractivity contribution in [1.29, 1.82) is 5.26 Å². The molecule has 58 heavy (non-hydrogen) atoms. The smallest absolute Gasteiger partial charge is 0.238 e. The lowest BCUT2D eigenvalue weighted by Gasteiger charge is -2.15. The van der Waals surface area contributed by atoms with E-state index in [1.165, 1.54) is 0 Å². The molecular formula is C52H32N6. The summed E-state index contributed by atoms with van der Waals surface area (Å²) in [5.74, 6) is 1.49. The number of nitriles is 1. The maximum absolute atomic E-state index is 10.2. The minimum atomic E-state index is 0.467. The molecule has 0 N–H and O–H groups in total. The molecule has 8 aromatic carbocycles. The monoisotopic (exact) mass is 740 g/mol. The number of hydrogen-bond acceptors (Lipinski definition) is 4. The zero-order valence-corrected chi connectivity index (χ0v) is 31.2. The van der Waals surface area contributed by atoms with Gasteiger partial charge in [-0.25, -0.2) is 4.98 Å². The van der Waals surface area contributed by atoms with Crippen molar-refractivity contribution in [2.24, 2.45) is 0 Å². The van der Waals surface area contributed by atoms with Crippen LogP contribution in [0.2, 0.25) is 0 Å². The topological polar surface area (TPSA) is 72.3 Å². The lowest BCUT2D eigenvalue weighted by atomic mass is 10.0. The Hall–Kier alpha value is -8.14. The first-order valence-corrected chi connectivity index (χ1v) is 19.3. The fourth-order valence-corrected chi connectivity index (χ4v) is 8.32. The number of hydrogen-bond donors (Lipinski definition) is 0. The van der Waals surface area contributed by atoms with Crippen LogP contribution in [0.15, 0.2) is 194 Å². The van der Waals surface area contributed by atoms with E-state index in [-0.39, 0.29) is 0 Å². The SMILES string of the molecule is N#Cc1ccc(-n2c3ccccc3c3ccccc32)c(-c2nc(-c3ccccc3)nc(-n3c4ccc(-c5ccccc5)cc4c4cc(-c5ccccc5)ccc43)n2)c1. The average molecular weight is 741 g/mol. The molecule has 0 saturated heterocycles. The minimum Gasteiger partial charge on any atom is -0.309 e. The summed E-state index contributed by atoms with van der Waals surface area (Å²) in [6, 6.07) is 69.2. The van der Waals surface area contributed by atoms with E-state index in [9.17, 15) is 5.26 Å². The van der Waals surface area contributed by atoms with Crippen molar-refractivity contribution in [1.82, 2.24) is 24.1 Å². The molecule has 0 atom stereocenters. The summed E-state index contributed by atoms with van der Waals surface area (Å²) in [7, 11) is 0. The lowest BCUT2D eigenvalue weighted by molar-refractivity contribution is 0.951. The number of aromatic nitrogens is 5. The highest BCUT2D eigenvalue weighted by Gasteiger charge is 2.22. The van der Waals surface area contributed by atoms with Gasteiger partial charge >= 0.3 is 0 Å². The number of rotatable bonds is 6. The number of nitrogens with zero attached hydrogens (tertiary/aromatic N) is 6. The van der Waals surface area contributed by atoms with Crippen LogP contribution in [-0.2, 0) is 0 Å². The second-order valence-corrected chi connectivity index (χ2v) is 14.4. The zero-order valence-electron chi connectivity index (χ0n) is 31.2. The summed E-state index contributed by atoms with van der Waals surface area (Å²) in [5, 5.41) is 14.7. The van der Waals surface area contributed by atoms with Gasteiger partial charge in [0.15, 0.2) is 11.6 Å². The van der Waals surface area contributed by atoms with Crippen LogP contribution in [-0.4, -0.2) is 24.1 Å². The van der Waals surface area contributed by atoms with E-state index in [1.54, 1.807) is 0 Å². The maximum atomic E-state index is 10.2. The molecule has 0 unspecified atom stereocenters. The molecule has 11 rings (SSSR count). The van der Waals surface area contributed by atoms with Gasteiger partial charge in [0.25, 0.3) is 0 Å². The summed E-state index contributed by atoms with van der Waals surface area (Å²) in [6.45, 7) is 0. The first-order valence-electron chi connectivity index (χ1n) is 19.3. The fraction of sp³-hybridized carbons (Fsp3) is 0. The van der Waals surface area contributed by atoms with Crippen molar-refractivity contribution < 1.29 is 0 Å². The second-order valence-electron chi connectivity index (χ2n) is 14.4. The van der Waals surface area contributed by atoms with Crippen LogP contribution in [0.25, 0.3) is 100 Å². The fourth-order valence-electron chi connectivity index (χ4n) is 8.32. The predicted molar refractivity (Wildman–Crippen MR) is 235 cm³/mol. The van der Waals surface area contributed by atoms with Gasteiger partial charge in [0, 0.05) is 32.7 Å². The Balaban J connectivity index is 1.21. The van der Waals surface area contributed by atoms with Gasteiger partial charge in [0.05, 0.1) is 39.4 Å². The molecule has 3 aromatic heterocycles. The molecule has 6 heteroatoms. The molecule has 0 aliphatic carbocycles. The van der Waals surface area contributed by atoms with Gasteiger partial charge in [-0.15, -0.1) is 0 Å². The third kappa shape index (κ3) is 5.45. The average Bonchev–Trinajstić information content (AvgIpc) is 3.81. The maximum Gasteiger partial charge on any atom is 0.238 e. The molecule has 6 nitrogen and oxygen atoms in total. The van der Waals surface area contributed by atoms with Crippen LogP contribution in [0.1, 0.15) is 5.56 Å². The summed E-state index contributed by atoms with van der Waals surface area (Å²) >= 11 is 0. The third-order valence-corrected chi connectivity index (χ3v) is 11.0. The Bertz CT molecular complexity index is 3240. The Labute approximate surface area is 334 Å². The quantitative estimate of drug-likeness (QED) is 0.170. The Morgan fingerprint density at radius 3 is 1.40 bits per heavy atom. The molecule has 270 valence electrons.